The quantitative estimate of drug-likeness (QED) is 0.444. The highest BCUT2D eigenvalue weighted by atomic mass is 32.1. The van der Waals surface area contributed by atoms with Crippen molar-refractivity contribution in [3.05, 3.63) is 59.3 Å². The van der Waals surface area contributed by atoms with E-state index in [-0.39, 0.29) is 0 Å². The zero-order chi connectivity index (χ0) is 12.7. The molecule has 1 nitrogen and oxygen atoms in total. The summed E-state index contributed by atoms with van der Waals surface area (Å²) in [5, 5.41) is 6.56. The Kier molecular flexibility index (Phi) is 2.53. The van der Waals surface area contributed by atoms with E-state index in [1.807, 2.05) is 24.3 Å². The van der Waals surface area contributed by atoms with Gasteiger partial charge in [0.2, 0.25) is 0 Å². The minimum Gasteiger partial charge on any atom is -0.456 e. The van der Waals surface area contributed by atoms with Crippen LogP contribution in [0.1, 0.15) is 0 Å². The minimum atomic E-state index is 0.928. The maximum atomic E-state index is 6.13. The van der Waals surface area contributed by atoms with Gasteiger partial charge in [-0.15, -0.1) is 22.7 Å². The lowest BCUT2D eigenvalue weighted by Crippen LogP contribution is -1.84. The average molecular weight is 282 g/mol. The van der Waals surface area contributed by atoms with Crippen molar-refractivity contribution in [2.24, 2.45) is 0 Å². The number of benzene rings is 2. The second-order valence-electron chi connectivity index (χ2n) is 4.28. The van der Waals surface area contributed by atoms with Crippen LogP contribution in [-0.4, -0.2) is 0 Å². The van der Waals surface area contributed by atoms with E-state index in [0.29, 0.717) is 0 Å². The molecule has 0 aliphatic rings. The second kappa shape index (κ2) is 4.37. The third kappa shape index (κ3) is 1.82. The summed E-state index contributed by atoms with van der Waals surface area (Å²) in [6, 6.07) is 16.6. The second-order valence-corrected chi connectivity index (χ2v) is 6.17. The van der Waals surface area contributed by atoms with Gasteiger partial charge in [0, 0.05) is 20.2 Å². The third-order valence-corrected chi connectivity index (χ3v) is 4.90. The maximum Gasteiger partial charge on any atom is 0.136 e. The van der Waals surface area contributed by atoms with E-state index in [1.54, 1.807) is 22.7 Å². The number of rotatable bonds is 2. The Hall–Kier alpha value is -1.84. The first kappa shape index (κ1) is 11.0. The molecule has 3 heteroatoms. The van der Waals surface area contributed by atoms with Gasteiger partial charge in [0.1, 0.15) is 11.5 Å². The van der Waals surface area contributed by atoms with E-state index in [1.165, 1.54) is 20.2 Å². The monoisotopic (exact) mass is 282 g/mol. The molecule has 0 radical (unpaired) electrons. The molecular weight excluding hydrogens is 272 g/mol. The largest absolute Gasteiger partial charge is 0.456 e. The Morgan fingerprint density at radius 2 is 1.16 bits per heavy atom. The fourth-order valence-corrected chi connectivity index (χ4v) is 3.84. The molecule has 2 heterocycles. The fourth-order valence-electron chi connectivity index (χ4n) is 2.23. The predicted octanol–water partition coefficient (Wildman–Crippen LogP) is 5.91. The van der Waals surface area contributed by atoms with Crippen LogP contribution in [0.3, 0.4) is 0 Å². The highest BCUT2D eigenvalue weighted by Gasteiger charge is 2.07. The Balaban J connectivity index is 1.86. The summed E-state index contributed by atoms with van der Waals surface area (Å²) in [6.45, 7) is 0. The molecule has 0 fully saturated rings. The number of fused-ring (bicyclic) bond motifs is 2. The number of hydrogen-bond acceptors (Lipinski definition) is 3. The van der Waals surface area contributed by atoms with E-state index in [9.17, 15) is 0 Å². The Labute approximate surface area is 118 Å². The van der Waals surface area contributed by atoms with E-state index in [2.05, 4.69) is 35.0 Å². The topological polar surface area (TPSA) is 9.23 Å². The van der Waals surface area contributed by atoms with Crippen LogP contribution in [0, 0.1) is 0 Å². The molecule has 0 atom stereocenters. The molecule has 0 N–H and O–H groups in total. The van der Waals surface area contributed by atoms with Gasteiger partial charge in [-0.2, -0.15) is 0 Å². The van der Waals surface area contributed by atoms with Crippen LogP contribution >= 0.6 is 22.7 Å². The van der Waals surface area contributed by atoms with Crippen molar-refractivity contribution in [1.29, 1.82) is 0 Å². The SMILES string of the molecule is c1cc(Oc2cccc3sccc23)c2ccsc2c1. The van der Waals surface area contributed by atoms with Crippen molar-refractivity contribution in [1.82, 2.24) is 0 Å². The zero-order valence-electron chi connectivity index (χ0n) is 10.00. The van der Waals surface area contributed by atoms with Crippen molar-refractivity contribution in [3.63, 3.8) is 0 Å². The zero-order valence-corrected chi connectivity index (χ0v) is 11.6. The van der Waals surface area contributed by atoms with Gasteiger partial charge in [0.25, 0.3) is 0 Å². The highest BCUT2D eigenvalue weighted by molar-refractivity contribution is 7.17. The van der Waals surface area contributed by atoms with Crippen molar-refractivity contribution in [3.8, 4) is 11.5 Å². The molecule has 4 rings (SSSR count). The summed E-state index contributed by atoms with van der Waals surface area (Å²) < 4.78 is 8.65. The van der Waals surface area contributed by atoms with Crippen LogP contribution in [0.15, 0.2) is 59.3 Å². The van der Waals surface area contributed by atoms with E-state index in [4.69, 9.17) is 4.74 Å². The highest BCUT2D eigenvalue weighted by Crippen LogP contribution is 2.36. The van der Waals surface area contributed by atoms with Gasteiger partial charge in [-0.3, -0.25) is 0 Å². The first-order chi connectivity index (χ1) is 9.42. The molecule has 0 bridgehead atoms. The molecule has 0 saturated heterocycles. The minimum absolute atomic E-state index is 0.928. The Morgan fingerprint density at radius 1 is 0.632 bits per heavy atom. The lowest BCUT2D eigenvalue weighted by Gasteiger charge is -2.08. The number of ether oxygens (including phenoxy) is 1. The van der Waals surface area contributed by atoms with E-state index >= 15 is 0 Å². The normalized spacial score (nSPS) is 11.2. The smallest absolute Gasteiger partial charge is 0.136 e. The van der Waals surface area contributed by atoms with Crippen LogP contribution in [-0.2, 0) is 0 Å². The first-order valence-corrected chi connectivity index (χ1v) is 7.78. The molecule has 0 aliphatic heterocycles. The molecule has 0 saturated carbocycles. The number of hydrogen-bond donors (Lipinski definition) is 0. The van der Waals surface area contributed by atoms with Crippen LogP contribution in [0.25, 0.3) is 20.2 Å². The van der Waals surface area contributed by atoms with E-state index < -0.39 is 0 Å². The van der Waals surface area contributed by atoms with Crippen LogP contribution in [0.4, 0.5) is 0 Å². The van der Waals surface area contributed by atoms with Crippen LogP contribution < -0.4 is 4.74 Å². The molecule has 2 aromatic heterocycles. The van der Waals surface area contributed by atoms with Gasteiger partial charge < -0.3 is 4.74 Å². The lowest BCUT2D eigenvalue weighted by molar-refractivity contribution is 0.494. The summed E-state index contributed by atoms with van der Waals surface area (Å²) in [7, 11) is 0. The van der Waals surface area contributed by atoms with Gasteiger partial charge in [-0.1, -0.05) is 12.1 Å². The van der Waals surface area contributed by atoms with Gasteiger partial charge in [0.05, 0.1) is 0 Å². The molecule has 0 amide bonds. The lowest BCUT2D eigenvalue weighted by atomic mass is 10.2. The summed E-state index contributed by atoms with van der Waals surface area (Å²) in [5.74, 6) is 1.86. The van der Waals surface area contributed by atoms with Crippen molar-refractivity contribution in [2.45, 2.75) is 0 Å². The summed E-state index contributed by atoms with van der Waals surface area (Å²) in [6.07, 6.45) is 0. The molecular formula is C16H10OS2. The van der Waals surface area contributed by atoms with Gasteiger partial charge in [-0.05, 0) is 47.2 Å². The van der Waals surface area contributed by atoms with Gasteiger partial charge >= 0.3 is 0 Å². The predicted molar refractivity (Wildman–Crippen MR) is 83.7 cm³/mol. The molecule has 4 aromatic rings. The molecule has 2 aromatic carbocycles. The van der Waals surface area contributed by atoms with Crippen molar-refractivity contribution in [2.75, 3.05) is 0 Å². The summed E-state index contributed by atoms with van der Waals surface area (Å²) in [4.78, 5) is 0. The fraction of sp³-hybridized carbons (Fsp3) is 0. The average Bonchev–Trinajstić information content (AvgIpc) is 3.08. The standard InChI is InChI=1S/C16H10OS2/c1-3-13(11-7-9-18-15(11)5-1)17-14-4-2-6-16-12(14)8-10-19-16/h1-10H. The third-order valence-electron chi connectivity index (χ3n) is 3.13. The van der Waals surface area contributed by atoms with Gasteiger partial charge in [0.15, 0.2) is 0 Å². The van der Waals surface area contributed by atoms with Crippen LogP contribution in [0.5, 0.6) is 11.5 Å². The maximum absolute atomic E-state index is 6.13. The van der Waals surface area contributed by atoms with Gasteiger partial charge in [-0.25, -0.2) is 0 Å². The Morgan fingerprint density at radius 3 is 1.68 bits per heavy atom. The number of thiophene rings is 2. The summed E-state index contributed by atoms with van der Waals surface area (Å²) in [5.41, 5.74) is 0. The molecule has 19 heavy (non-hydrogen) atoms. The molecule has 0 unspecified atom stereocenters. The first-order valence-electron chi connectivity index (χ1n) is 6.02. The van der Waals surface area contributed by atoms with Crippen molar-refractivity contribution < 1.29 is 4.74 Å². The molecule has 92 valence electrons. The molecule has 0 spiro atoms. The molecule has 0 aliphatic carbocycles. The van der Waals surface area contributed by atoms with Crippen LogP contribution in [0.2, 0.25) is 0 Å². The summed E-state index contributed by atoms with van der Waals surface area (Å²) >= 11 is 3.48. The Bertz CT molecular complexity index is 785. The van der Waals surface area contributed by atoms with E-state index in [0.717, 1.165) is 11.5 Å². The van der Waals surface area contributed by atoms with Crippen molar-refractivity contribution >= 4 is 42.8 Å².